The summed E-state index contributed by atoms with van der Waals surface area (Å²) in [5, 5.41) is 3.30. The van der Waals surface area contributed by atoms with Crippen LogP contribution in [0.4, 0.5) is 0 Å². The average Bonchev–Trinajstić information content (AvgIpc) is 2.97. The Morgan fingerprint density at radius 3 is 2.39 bits per heavy atom. The number of benzene rings is 2. The van der Waals surface area contributed by atoms with Gasteiger partial charge in [0.15, 0.2) is 0 Å². The highest BCUT2D eigenvalue weighted by molar-refractivity contribution is 7.90. The fraction of sp³-hybridized carbons (Fsp3) is 0.318. The van der Waals surface area contributed by atoms with E-state index in [0.717, 1.165) is 0 Å². The molecule has 0 spiro atoms. The number of hydrogen-bond acceptors (Lipinski definition) is 5. The van der Waals surface area contributed by atoms with Crippen molar-refractivity contribution in [1.29, 1.82) is 0 Å². The number of hydrogen-bond donors (Lipinski definition) is 1. The summed E-state index contributed by atoms with van der Waals surface area (Å²) in [4.78, 5) is 39.9. The van der Waals surface area contributed by atoms with Crippen molar-refractivity contribution in [3.63, 3.8) is 0 Å². The highest BCUT2D eigenvalue weighted by Gasteiger charge is 2.43. The lowest BCUT2D eigenvalue weighted by Crippen LogP contribution is -2.52. The first-order valence-corrected chi connectivity index (χ1v) is 12.5. The Labute approximate surface area is 202 Å². The monoisotopic (exact) mass is 511 g/mol. The third-order valence-corrected chi connectivity index (χ3v) is 7.79. The maximum atomic E-state index is 13.4. The van der Waals surface area contributed by atoms with Crippen LogP contribution < -0.4 is 5.32 Å². The number of nitrogens with zero attached hydrogens (tertiary/aromatic N) is 2. The lowest BCUT2D eigenvalue weighted by atomic mass is 10.1. The molecule has 1 heterocycles. The van der Waals surface area contributed by atoms with E-state index in [2.05, 4.69) is 5.32 Å². The van der Waals surface area contributed by atoms with Crippen LogP contribution in [0, 0.1) is 0 Å². The molecule has 0 aliphatic carbocycles. The molecule has 0 fully saturated rings. The molecule has 33 heavy (non-hydrogen) atoms. The van der Waals surface area contributed by atoms with Crippen LogP contribution >= 0.6 is 23.2 Å². The van der Waals surface area contributed by atoms with Crippen molar-refractivity contribution in [3.05, 3.63) is 63.6 Å². The molecule has 1 aliphatic heterocycles. The Morgan fingerprint density at radius 1 is 1.09 bits per heavy atom. The lowest BCUT2D eigenvalue weighted by Gasteiger charge is -2.31. The molecule has 176 valence electrons. The summed E-state index contributed by atoms with van der Waals surface area (Å²) in [6, 6.07) is 9.70. The van der Waals surface area contributed by atoms with Gasteiger partial charge in [-0.25, -0.2) is 12.7 Å². The molecular formula is C22H23Cl2N3O5S. The summed E-state index contributed by atoms with van der Waals surface area (Å²) in [6.07, 6.45) is 0.278. The molecule has 11 heteroatoms. The summed E-state index contributed by atoms with van der Waals surface area (Å²) < 4.78 is 26.3. The minimum atomic E-state index is -4.18. The van der Waals surface area contributed by atoms with Gasteiger partial charge in [-0.3, -0.25) is 14.4 Å². The highest BCUT2D eigenvalue weighted by atomic mass is 35.5. The average molecular weight is 512 g/mol. The molecule has 2 aromatic rings. The van der Waals surface area contributed by atoms with E-state index in [1.165, 1.54) is 23.1 Å². The second-order valence-corrected chi connectivity index (χ2v) is 10.0. The molecule has 0 aromatic heterocycles. The van der Waals surface area contributed by atoms with E-state index in [0.29, 0.717) is 21.4 Å². The van der Waals surface area contributed by atoms with Crippen LogP contribution in [0.5, 0.6) is 0 Å². The predicted molar refractivity (Wildman–Crippen MR) is 124 cm³/mol. The largest absolute Gasteiger partial charge is 0.355 e. The van der Waals surface area contributed by atoms with E-state index in [-0.39, 0.29) is 34.4 Å². The van der Waals surface area contributed by atoms with E-state index in [4.69, 9.17) is 23.2 Å². The molecule has 0 radical (unpaired) electrons. The quantitative estimate of drug-likeness (QED) is 0.586. The van der Waals surface area contributed by atoms with Gasteiger partial charge in [0.25, 0.3) is 15.9 Å². The molecule has 1 atom stereocenters. The van der Waals surface area contributed by atoms with Crippen LogP contribution in [0.1, 0.15) is 36.2 Å². The van der Waals surface area contributed by atoms with Gasteiger partial charge in [0.2, 0.25) is 11.8 Å². The van der Waals surface area contributed by atoms with Crippen LogP contribution in [0.15, 0.2) is 47.4 Å². The minimum Gasteiger partial charge on any atom is -0.355 e. The summed E-state index contributed by atoms with van der Waals surface area (Å²) >= 11 is 12.1. The number of carbonyl (C=O) groups is 3. The fourth-order valence-electron chi connectivity index (χ4n) is 3.65. The Balaban J connectivity index is 1.94. The van der Waals surface area contributed by atoms with Gasteiger partial charge in [-0.2, -0.15) is 0 Å². The van der Waals surface area contributed by atoms with E-state index >= 15 is 0 Å². The summed E-state index contributed by atoms with van der Waals surface area (Å²) in [7, 11) is -4.18. The van der Waals surface area contributed by atoms with Crippen LogP contribution in [0.2, 0.25) is 10.0 Å². The van der Waals surface area contributed by atoms with Crippen molar-refractivity contribution in [2.75, 3.05) is 13.1 Å². The van der Waals surface area contributed by atoms with Crippen molar-refractivity contribution in [2.45, 2.75) is 37.8 Å². The van der Waals surface area contributed by atoms with E-state index < -0.39 is 34.4 Å². The van der Waals surface area contributed by atoms with Crippen molar-refractivity contribution in [2.24, 2.45) is 0 Å². The Bertz CT molecular complexity index is 1200. The number of sulfonamides is 1. The first-order valence-electron chi connectivity index (χ1n) is 10.3. The summed E-state index contributed by atoms with van der Waals surface area (Å²) in [6.45, 7) is 3.09. The smallest absolute Gasteiger partial charge is 0.269 e. The molecule has 0 saturated heterocycles. The van der Waals surface area contributed by atoms with Gasteiger partial charge in [0.1, 0.15) is 17.5 Å². The first-order chi connectivity index (χ1) is 15.6. The van der Waals surface area contributed by atoms with Crippen molar-refractivity contribution in [1.82, 2.24) is 14.5 Å². The van der Waals surface area contributed by atoms with Crippen molar-refractivity contribution >= 4 is 50.9 Å². The number of amides is 3. The second-order valence-electron chi connectivity index (χ2n) is 7.40. The number of carbonyl (C=O) groups excluding carboxylic acids is 3. The molecule has 2 aromatic carbocycles. The second kappa shape index (κ2) is 10.1. The SMILES string of the molecule is CCNC(=O)[C@H](CC)N(Cc1ccc(Cl)c(Cl)c1)C(=O)CN1C(=O)c2ccccc2S1(=O)=O. The van der Waals surface area contributed by atoms with E-state index in [1.807, 2.05) is 0 Å². The Kier molecular flexibility index (Phi) is 7.66. The minimum absolute atomic E-state index is 0.0112. The highest BCUT2D eigenvalue weighted by Crippen LogP contribution is 2.30. The van der Waals surface area contributed by atoms with Gasteiger partial charge in [-0.15, -0.1) is 0 Å². The zero-order valence-corrected chi connectivity index (χ0v) is 20.4. The van der Waals surface area contributed by atoms with Crippen LogP contribution in [-0.4, -0.2) is 54.5 Å². The first kappa shape index (κ1) is 25.0. The lowest BCUT2D eigenvalue weighted by molar-refractivity contribution is -0.141. The van der Waals surface area contributed by atoms with E-state index in [1.54, 1.807) is 38.1 Å². The number of rotatable bonds is 8. The zero-order valence-electron chi connectivity index (χ0n) is 18.0. The molecule has 1 N–H and O–H groups in total. The molecule has 0 saturated carbocycles. The zero-order chi connectivity index (χ0) is 24.3. The van der Waals surface area contributed by atoms with Crippen LogP contribution in [-0.2, 0) is 26.2 Å². The van der Waals surface area contributed by atoms with Gasteiger partial charge < -0.3 is 10.2 Å². The van der Waals surface area contributed by atoms with Gasteiger partial charge in [0, 0.05) is 13.1 Å². The standard InChI is InChI=1S/C22H23Cl2N3O5S/c1-3-18(21(29)25-4-2)26(12-14-9-10-16(23)17(24)11-14)20(28)13-27-22(30)15-7-5-6-8-19(15)33(27,31)32/h5-11,18H,3-4,12-13H2,1-2H3,(H,25,29)/t18-/m0/s1. The summed E-state index contributed by atoms with van der Waals surface area (Å²) in [5.41, 5.74) is 0.608. The molecular weight excluding hydrogens is 489 g/mol. The van der Waals surface area contributed by atoms with Gasteiger partial charge in [-0.05, 0) is 43.2 Å². The molecule has 0 unspecified atom stereocenters. The van der Waals surface area contributed by atoms with Gasteiger partial charge in [-0.1, -0.05) is 48.3 Å². The molecule has 1 aliphatic rings. The number of fused-ring (bicyclic) bond motifs is 1. The van der Waals surface area contributed by atoms with Crippen molar-refractivity contribution < 1.29 is 22.8 Å². The topological polar surface area (TPSA) is 104 Å². The maximum absolute atomic E-state index is 13.4. The van der Waals surface area contributed by atoms with E-state index in [9.17, 15) is 22.8 Å². The third-order valence-electron chi connectivity index (χ3n) is 5.26. The van der Waals surface area contributed by atoms with Gasteiger partial charge >= 0.3 is 0 Å². The van der Waals surface area contributed by atoms with Crippen LogP contribution in [0.3, 0.4) is 0 Å². The summed E-state index contributed by atoms with van der Waals surface area (Å²) in [5.74, 6) is -1.85. The Hall–Kier alpha value is -2.62. The van der Waals surface area contributed by atoms with Gasteiger partial charge in [0.05, 0.1) is 15.6 Å². The molecule has 8 nitrogen and oxygen atoms in total. The molecule has 3 rings (SSSR count). The molecule has 0 bridgehead atoms. The Morgan fingerprint density at radius 2 is 1.79 bits per heavy atom. The number of nitrogens with one attached hydrogen (secondary N) is 1. The van der Waals surface area contributed by atoms with Crippen molar-refractivity contribution in [3.8, 4) is 0 Å². The predicted octanol–water partition coefficient (Wildman–Crippen LogP) is 3.08. The normalized spacial score (nSPS) is 15.2. The van der Waals surface area contributed by atoms with Crippen LogP contribution in [0.25, 0.3) is 0 Å². The molecule has 3 amide bonds. The number of halogens is 2. The fourth-order valence-corrected chi connectivity index (χ4v) is 5.49. The maximum Gasteiger partial charge on any atom is 0.269 e. The number of likely N-dealkylation sites (N-methyl/N-ethyl adjacent to an activating group) is 1. The third kappa shape index (κ3) is 5.00.